The number of methoxy groups -OCH3 is 2. The second kappa shape index (κ2) is 10.3. The minimum absolute atomic E-state index is 0.0762. The standard InChI is InChI=1S/C18H17NO3.2C2H6/c1-12-11-19(13-7-5-4-6-8-13)18(20)15-10-17(22-3)16(21-2)9-14(12)15;2*1-2/h4-11H,1-3H3;2*1-2H3. The zero-order valence-electron chi connectivity index (χ0n) is 16.8. The predicted octanol–water partition coefficient (Wildman–Crippen LogP) is 5.37. The van der Waals surface area contributed by atoms with Crippen molar-refractivity contribution in [3.05, 3.63) is 64.6 Å². The van der Waals surface area contributed by atoms with E-state index in [1.807, 2.05) is 77.2 Å². The molecule has 0 saturated heterocycles. The van der Waals surface area contributed by atoms with Crippen LogP contribution in [0.3, 0.4) is 0 Å². The van der Waals surface area contributed by atoms with Crippen molar-refractivity contribution in [3.63, 3.8) is 0 Å². The third kappa shape index (κ3) is 4.26. The van der Waals surface area contributed by atoms with Gasteiger partial charge in [0.2, 0.25) is 0 Å². The Labute approximate surface area is 156 Å². The zero-order valence-corrected chi connectivity index (χ0v) is 16.8. The maximum absolute atomic E-state index is 12.8. The molecule has 4 nitrogen and oxygen atoms in total. The van der Waals surface area contributed by atoms with Crippen LogP contribution in [0.4, 0.5) is 0 Å². The van der Waals surface area contributed by atoms with Gasteiger partial charge in [-0.25, -0.2) is 0 Å². The molecule has 1 aromatic heterocycles. The number of nitrogens with zero attached hydrogens (tertiary/aromatic N) is 1. The number of para-hydroxylation sites is 1. The Bertz CT molecular complexity index is 883. The number of benzene rings is 2. The molecule has 0 atom stereocenters. The van der Waals surface area contributed by atoms with Gasteiger partial charge >= 0.3 is 0 Å². The van der Waals surface area contributed by atoms with E-state index >= 15 is 0 Å². The van der Waals surface area contributed by atoms with E-state index in [1.165, 1.54) is 0 Å². The number of fused-ring (bicyclic) bond motifs is 1. The molecule has 0 amide bonds. The maximum Gasteiger partial charge on any atom is 0.263 e. The summed E-state index contributed by atoms with van der Waals surface area (Å²) < 4.78 is 12.3. The lowest BCUT2D eigenvalue weighted by Crippen LogP contribution is -2.18. The van der Waals surface area contributed by atoms with Crippen LogP contribution >= 0.6 is 0 Å². The van der Waals surface area contributed by atoms with Crippen LogP contribution in [-0.4, -0.2) is 18.8 Å². The van der Waals surface area contributed by atoms with Gasteiger partial charge in [-0.05, 0) is 42.1 Å². The lowest BCUT2D eigenvalue weighted by atomic mass is 10.1. The maximum atomic E-state index is 12.8. The number of aryl methyl sites for hydroxylation is 1. The molecule has 0 spiro atoms. The topological polar surface area (TPSA) is 40.5 Å². The van der Waals surface area contributed by atoms with E-state index in [4.69, 9.17) is 9.47 Å². The van der Waals surface area contributed by atoms with Gasteiger partial charge in [-0.15, -0.1) is 0 Å². The molecule has 140 valence electrons. The van der Waals surface area contributed by atoms with Crippen molar-refractivity contribution in [3.8, 4) is 17.2 Å². The van der Waals surface area contributed by atoms with Crippen molar-refractivity contribution in [2.45, 2.75) is 34.6 Å². The average molecular weight is 355 g/mol. The van der Waals surface area contributed by atoms with Gasteiger partial charge in [-0.2, -0.15) is 0 Å². The summed E-state index contributed by atoms with van der Waals surface area (Å²) in [5, 5.41) is 1.48. The number of pyridine rings is 1. The third-order valence-corrected chi connectivity index (χ3v) is 3.75. The minimum Gasteiger partial charge on any atom is -0.493 e. The van der Waals surface area contributed by atoms with Gasteiger partial charge in [0.25, 0.3) is 5.56 Å². The number of rotatable bonds is 3. The van der Waals surface area contributed by atoms with Crippen LogP contribution in [0.15, 0.2) is 53.5 Å². The van der Waals surface area contributed by atoms with E-state index in [9.17, 15) is 4.79 Å². The van der Waals surface area contributed by atoms with Crippen molar-refractivity contribution in [1.82, 2.24) is 4.57 Å². The summed E-state index contributed by atoms with van der Waals surface area (Å²) in [6.45, 7) is 9.98. The van der Waals surface area contributed by atoms with Crippen molar-refractivity contribution >= 4 is 10.8 Å². The number of aromatic nitrogens is 1. The van der Waals surface area contributed by atoms with E-state index in [-0.39, 0.29) is 5.56 Å². The van der Waals surface area contributed by atoms with E-state index in [0.717, 1.165) is 16.6 Å². The first-order valence-electron chi connectivity index (χ1n) is 8.99. The summed E-state index contributed by atoms with van der Waals surface area (Å²) in [6.07, 6.45) is 1.85. The summed E-state index contributed by atoms with van der Waals surface area (Å²) in [6, 6.07) is 13.2. The van der Waals surface area contributed by atoms with Crippen LogP contribution < -0.4 is 15.0 Å². The molecule has 0 N–H and O–H groups in total. The normalized spacial score (nSPS) is 9.50. The van der Waals surface area contributed by atoms with E-state index in [0.29, 0.717) is 16.9 Å². The van der Waals surface area contributed by atoms with Gasteiger partial charge in [0.05, 0.1) is 19.6 Å². The molecule has 3 aromatic rings. The van der Waals surface area contributed by atoms with Crippen LogP contribution in [0.1, 0.15) is 33.3 Å². The van der Waals surface area contributed by atoms with Gasteiger partial charge in [-0.1, -0.05) is 45.9 Å². The molecular weight excluding hydrogens is 326 g/mol. The smallest absolute Gasteiger partial charge is 0.263 e. The minimum atomic E-state index is -0.0762. The molecule has 0 fully saturated rings. The highest BCUT2D eigenvalue weighted by molar-refractivity contribution is 5.88. The van der Waals surface area contributed by atoms with Crippen LogP contribution in [0.25, 0.3) is 16.5 Å². The molecule has 4 heteroatoms. The molecule has 0 aliphatic heterocycles. The van der Waals surface area contributed by atoms with Crippen LogP contribution in [0.2, 0.25) is 0 Å². The fraction of sp³-hybridized carbons (Fsp3) is 0.318. The first-order chi connectivity index (χ1) is 12.7. The zero-order chi connectivity index (χ0) is 19.7. The molecule has 0 unspecified atom stereocenters. The Morgan fingerprint density at radius 1 is 0.808 bits per heavy atom. The third-order valence-electron chi connectivity index (χ3n) is 3.75. The number of hydrogen-bond donors (Lipinski definition) is 0. The highest BCUT2D eigenvalue weighted by Crippen LogP contribution is 2.32. The molecule has 0 aliphatic rings. The highest BCUT2D eigenvalue weighted by Gasteiger charge is 2.13. The Morgan fingerprint density at radius 3 is 1.81 bits per heavy atom. The summed E-state index contributed by atoms with van der Waals surface area (Å²) in [5.41, 5.74) is 1.76. The van der Waals surface area contributed by atoms with Crippen molar-refractivity contribution < 1.29 is 9.47 Å². The van der Waals surface area contributed by atoms with Gasteiger partial charge in [-0.3, -0.25) is 9.36 Å². The quantitative estimate of drug-likeness (QED) is 0.634. The van der Waals surface area contributed by atoms with Gasteiger partial charge in [0.15, 0.2) is 11.5 Å². The van der Waals surface area contributed by atoms with Gasteiger partial charge in [0.1, 0.15) is 0 Å². The molecule has 3 rings (SSSR count). The average Bonchev–Trinajstić information content (AvgIpc) is 2.73. The second-order valence-electron chi connectivity index (χ2n) is 5.08. The highest BCUT2D eigenvalue weighted by atomic mass is 16.5. The summed E-state index contributed by atoms with van der Waals surface area (Å²) in [5.74, 6) is 1.17. The van der Waals surface area contributed by atoms with E-state index in [1.54, 1.807) is 24.9 Å². The summed E-state index contributed by atoms with van der Waals surface area (Å²) in [7, 11) is 3.15. The molecule has 1 heterocycles. The first kappa shape index (κ1) is 21.3. The largest absolute Gasteiger partial charge is 0.493 e. The summed E-state index contributed by atoms with van der Waals surface area (Å²) in [4.78, 5) is 12.8. The SMILES string of the molecule is CC.CC.COc1cc2c(C)cn(-c3ccccc3)c(=O)c2cc1OC. The van der Waals surface area contributed by atoms with Gasteiger partial charge < -0.3 is 9.47 Å². The Kier molecular flexibility index (Phi) is 8.43. The van der Waals surface area contributed by atoms with Crippen molar-refractivity contribution in [1.29, 1.82) is 0 Å². The molecule has 0 aliphatic carbocycles. The molecule has 0 bridgehead atoms. The number of hydrogen-bond acceptors (Lipinski definition) is 3. The second-order valence-corrected chi connectivity index (χ2v) is 5.08. The Morgan fingerprint density at radius 2 is 1.31 bits per heavy atom. The van der Waals surface area contributed by atoms with E-state index < -0.39 is 0 Å². The molecule has 26 heavy (non-hydrogen) atoms. The lowest BCUT2D eigenvalue weighted by molar-refractivity contribution is 0.356. The Hall–Kier alpha value is -2.75. The van der Waals surface area contributed by atoms with Crippen molar-refractivity contribution in [2.75, 3.05) is 14.2 Å². The van der Waals surface area contributed by atoms with Crippen LogP contribution in [-0.2, 0) is 0 Å². The molecule has 0 saturated carbocycles. The van der Waals surface area contributed by atoms with E-state index in [2.05, 4.69) is 0 Å². The predicted molar refractivity (Wildman–Crippen MR) is 110 cm³/mol. The fourth-order valence-corrected chi connectivity index (χ4v) is 2.61. The Balaban J connectivity index is 0.000000791. The monoisotopic (exact) mass is 355 g/mol. The number of ether oxygens (including phenoxy) is 2. The molecule has 0 radical (unpaired) electrons. The van der Waals surface area contributed by atoms with Crippen LogP contribution in [0.5, 0.6) is 11.5 Å². The first-order valence-corrected chi connectivity index (χ1v) is 8.99. The molecule has 2 aromatic carbocycles. The molecular formula is C22H29NO3. The summed E-state index contributed by atoms with van der Waals surface area (Å²) >= 11 is 0. The lowest BCUT2D eigenvalue weighted by Gasteiger charge is -2.13. The fourth-order valence-electron chi connectivity index (χ4n) is 2.61. The van der Waals surface area contributed by atoms with Gasteiger partial charge in [0, 0.05) is 11.9 Å². The van der Waals surface area contributed by atoms with Crippen LogP contribution in [0, 0.1) is 6.92 Å². The van der Waals surface area contributed by atoms with Crippen molar-refractivity contribution in [2.24, 2.45) is 0 Å².